The van der Waals surface area contributed by atoms with E-state index in [0.29, 0.717) is 5.56 Å². The van der Waals surface area contributed by atoms with E-state index in [9.17, 15) is 13.6 Å². The van der Waals surface area contributed by atoms with Gasteiger partial charge in [-0.25, -0.2) is 8.78 Å². The molecule has 104 valence electrons. The molecule has 0 saturated carbocycles. The Morgan fingerprint density at radius 2 is 2.05 bits per heavy atom. The lowest BCUT2D eigenvalue weighted by atomic mass is 10.1. The average molecular weight is 288 g/mol. The fourth-order valence-electron chi connectivity index (χ4n) is 1.55. The van der Waals surface area contributed by atoms with E-state index in [0.717, 1.165) is 4.90 Å². The number of carbonyl (C=O) groups is 1. The number of aliphatic hydroxyl groups is 1. The van der Waals surface area contributed by atoms with Crippen LogP contribution >= 0.6 is 12.2 Å². The average Bonchev–Trinajstić information content (AvgIpc) is 2.37. The molecule has 3 N–H and O–H groups in total. The quantitative estimate of drug-likeness (QED) is 0.767. The highest BCUT2D eigenvalue weighted by Gasteiger charge is 2.19. The lowest BCUT2D eigenvalue weighted by molar-refractivity contribution is 0.0509. The van der Waals surface area contributed by atoms with Gasteiger partial charge in [0.15, 0.2) is 0 Å². The lowest BCUT2D eigenvalue weighted by Gasteiger charge is -2.21. The van der Waals surface area contributed by atoms with Gasteiger partial charge in [-0.2, -0.15) is 0 Å². The van der Waals surface area contributed by atoms with Crippen molar-refractivity contribution in [3.05, 3.63) is 35.4 Å². The van der Waals surface area contributed by atoms with E-state index in [1.165, 1.54) is 12.1 Å². The third-order valence-electron chi connectivity index (χ3n) is 2.41. The Hall–Kier alpha value is -1.60. The fraction of sp³-hybridized carbons (Fsp3) is 0.333. The van der Waals surface area contributed by atoms with Gasteiger partial charge in [-0.3, -0.25) is 4.79 Å². The summed E-state index contributed by atoms with van der Waals surface area (Å²) in [4.78, 5) is 13.1. The first-order chi connectivity index (χ1) is 8.95. The standard InChI is InChI=1S/C12H14F2N2O2S/c13-10(14)7-16(4-5-17)12(18)9-3-1-2-8(6-9)11(15)19/h1-3,6,10,17H,4-5,7H2,(H2,15,19). The summed E-state index contributed by atoms with van der Waals surface area (Å²) in [6.07, 6.45) is -2.66. The maximum absolute atomic E-state index is 12.4. The number of nitrogens with two attached hydrogens (primary N) is 1. The number of hydrogen-bond acceptors (Lipinski definition) is 3. The van der Waals surface area contributed by atoms with E-state index in [1.807, 2.05) is 0 Å². The van der Waals surface area contributed by atoms with Gasteiger partial charge in [-0.15, -0.1) is 0 Å². The highest BCUT2D eigenvalue weighted by Crippen LogP contribution is 2.10. The minimum atomic E-state index is -2.66. The smallest absolute Gasteiger partial charge is 0.255 e. The van der Waals surface area contributed by atoms with Crippen LogP contribution in [0.15, 0.2) is 24.3 Å². The Morgan fingerprint density at radius 1 is 1.42 bits per heavy atom. The number of thiocarbonyl (C=S) groups is 1. The van der Waals surface area contributed by atoms with Gasteiger partial charge in [0.05, 0.1) is 13.2 Å². The van der Waals surface area contributed by atoms with Crippen LogP contribution in [0.3, 0.4) is 0 Å². The van der Waals surface area contributed by atoms with Crippen LogP contribution in [0.5, 0.6) is 0 Å². The normalized spacial score (nSPS) is 10.5. The SMILES string of the molecule is NC(=S)c1cccc(C(=O)N(CCO)CC(F)F)c1. The van der Waals surface area contributed by atoms with E-state index in [4.69, 9.17) is 23.1 Å². The first-order valence-corrected chi connectivity index (χ1v) is 5.94. The van der Waals surface area contributed by atoms with Gasteiger partial charge < -0.3 is 15.7 Å². The zero-order chi connectivity index (χ0) is 14.4. The summed E-state index contributed by atoms with van der Waals surface area (Å²) in [6.45, 7) is -1.26. The summed E-state index contributed by atoms with van der Waals surface area (Å²) in [6, 6.07) is 6.13. The third-order valence-corrected chi connectivity index (χ3v) is 2.65. The van der Waals surface area contributed by atoms with Gasteiger partial charge in [0, 0.05) is 17.7 Å². The van der Waals surface area contributed by atoms with E-state index in [-0.39, 0.29) is 23.7 Å². The first-order valence-electron chi connectivity index (χ1n) is 5.54. The molecule has 0 spiro atoms. The van der Waals surface area contributed by atoms with Crippen molar-refractivity contribution in [2.24, 2.45) is 5.73 Å². The second-order valence-electron chi connectivity index (χ2n) is 3.81. The number of benzene rings is 1. The van der Waals surface area contributed by atoms with Crippen LogP contribution in [-0.2, 0) is 0 Å². The molecule has 0 fully saturated rings. The predicted molar refractivity (Wildman–Crippen MR) is 71.3 cm³/mol. The number of rotatable bonds is 6. The van der Waals surface area contributed by atoms with Crippen molar-refractivity contribution in [1.82, 2.24) is 4.90 Å². The molecule has 0 heterocycles. The second kappa shape index (κ2) is 7.10. The van der Waals surface area contributed by atoms with E-state index in [2.05, 4.69) is 0 Å². The van der Waals surface area contributed by atoms with Crippen molar-refractivity contribution in [3.8, 4) is 0 Å². The van der Waals surface area contributed by atoms with E-state index in [1.54, 1.807) is 12.1 Å². The molecule has 1 rings (SSSR count). The van der Waals surface area contributed by atoms with Crippen molar-refractivity contribution in [1.29, 1.82) is 0 Å². The molecule has 0 radical (unpaired) electrons. The Balaban J connectivity index is 2.95. The molecular formula is C12H14F2N2O2S. The number of alkyl halides is 2. The number of amides is 1. The summed E-state index contributed by atoms with van der Waals surface area (Å²) in [5.74, 6) is -0.590. The van der Waals surface area contributed by atoms with Crippen LogP contribution in [-0.4, -0.2) is 47.0 Å². The summed E-state index contributed by atoms with van der Waals surface area (Å²) in [7, 11) is 0. The molecule has 0 aromatic heterocycles. The van der Waals surface area contributed by atoms with Crippen LogP contribution in [0.2, 0.25) is 0 Å². The molecule has 0 saturated heterocycles. The zero-order valence-corrected chi connectivity index (χ0v) is 10.9. The molecular weight excluding hydrogens is 274 g/mol. The van der Waals surface area contributed by atoms with Crippen molar-refractivity contribution < 1.29 is 18.7 Å². The zero-order valence-electron chi connectivity index (χ0n) is 10.1. The molecule has 1 amide bonds. The van der Waals surface area contributed by atoms with Gasteiger partial charge in [0.25, 0.3) is 12.3 Å². The molecule has 0 aliphatic rings. The number of halogens is 2. The van der Waals surface area contributed by atoms with Crippen LogP contribution in [0, 0.1) is 0 Å². The van der Waals surface area contributed by atoms with E-state index < -0.39 is 18.9 Å². The minimum Gasteiger partial charge on any atom is -0.395 e. The Kier molecular flexibility index (Phi) is 5.78. The predicted octanol–water partition coefficient (Wildman–Crippen LogP) is 1.02. The molecule has 1 aromatic carbocycles. The molecule has 7 heteroatoms. The lowest BCUT2D eigenvalue weighted by Crippen LogP contribution is -2.37. The molecule has 1 aromatic rings. The Labute approximate surface area is 114 Å². The van der Waals surface area contributed by atoms with Gasteiger partial charge in [0.1, 0.15) is 4.99 Å². The number of hydrogen-bond donors (Lipinski definition) is 2. The topological polar surface area (TPSA) is 66.6 Å². The highest BCUT2D eigenvalue weighted by molar-refractivity contribution is 7.80. The van der Waals surface area contributed by atoms with Crippen molar-refractivity contribution in [2.75, 3.05) is 19.7 Å². The molecule has 0 aliphatic carbocycles. The maximum Gasteiger partial charge on any atom is 0.255 e. The summed E-state index contributed by atoms with van der Waals surface area (Å²) in [5.41, 5.74) is 6.14. The molecule has 0 unspecified atom stereocenters. The number of nitrogens with zero attached hydrogens (tertiary/aromatic N) is 1. The van der Waals surface area contributed by atoms with E-state index >= 15 is 0 Å². The van der Waals surface area contributed by atoms with Crippen LogP contribution in [0.4, 0.5) is 8.78 Å². The van der Waals surface area contributed by atoms with Gasteiger partial charge >= 0.3 is 0 Å². The summed E-state index contributed by atoms with van der Waals surface area (Å²) in [5, 5.41) is 8.81. The summed E-state index contributed by atoms with van der Waals surface area (Å²) >= 11 is 4.79. The Morgan fingerprint density at radius 3 is 2.58 bits per heavy atom. The van der Waals surface area contributed by atoms with Gasteiger partial charge in [0.2, 0.25) is 0 Å². The molecule has 0 atom stereocenters. The molecule has 4 nitrogen and oxygen atoms in total. The molecule has 0 aliphatic heterocycles. The summed E-state index contributed by atoms with van der Waals surface area (Å²) < 4.78 is 24.8. The maximum atomic E-state index is 12.4. The molecule has 19 heavy (non-hydrogen) atoms. The number of carbonyl (C=O) groups excluding carboxylic acids is 1. The fourth-order valence-corrected chi connectivity index (χ4v) is 1.68. The van der Waals surface area contributed by atoms with Crippen LogP contribution in [0.25, 0.3) is 0 Å². The van der Waals surface area contributed by atoms with Crippen molar-refractivity contribution >= 4 is 23.1 Å². The highest BCUT2D eigenvalue weighted by atomic mass is 32.1. The van der Waals surface area contributed by atoms with Crippen LogP contribution in [0.1, 0.15) is 15.9 Å². The second-order valence-corrected chi connectivity index (χ2v) is 4.25. The largest absolute Gasteiger partial charge is 0.395 e. The van der Waals surface area contributed by atoms with Crippen LogP contribution < -0.4 is 5.73 Å². The Bertz CT molecular complexity index is 469. The first kappa shape index (κ1) is 15.5. The monoisotopic (exact) mass is 288 g/mol. The third kappa shape index (κ3) is 4.53. The number of aliphatic hydroxyl groups excluding tert-OH is 1. The van der Waals surface area contributed by atoms with Crippen molar-refractivity contribution in [2.45, 2.75) is 6.43 Å². The minimum absolute atomic E-state index is 0.122. The van der Waals surface area contributed by atoms with Crippen molar-refractivity contribution in [3.63, 3.8) is 0 Å². The van der Waals surface area contributed by atoms with Gasteiger partial charge in [-0.1, -0.05) is 24.4 Å². The van der Waals surface area contributed by atoms with Gasteiger partial charge in [-0.05, 0) is 12.1 Å². The molecule has 0 bridgehead atoms.